The van der Waals surface area contributed by atoms with Crippen LogP contribution in [0, 0.1) is 5.92 Å². The Morgan fingerprint density at radius 1 is 1.44 bits per heavy atom. The van der Waals surface area contributed by atoms with Crippen LogP contribution in [0.3, 0.4) is 0 Å². The molecule has 88 valence electrons. The molecule has 1 aliphatic rings. The average Bonchev–Trinajstić information content (AvgIpc) is 2.18. The van der Waals surface area contributed by atoms with Crippen molar-refractivity contribution in [1.29, 1.82) is 0 Å². The lowest BCUT2D eigenvalue weighted by Crippen LogP contribution is -2.36. The van der Waals surface area contributed by atoms with Crippen LogP contribution in [0.5, 0.6) is 0 Å². The molecule has 0 amide bonds. The van der Waals surface area contributed by atoms with E-state index in [1.54, 1.807) is 6.07 Å². The average molecular weight is 305 g/mol. The van der Waals surface area contributed by atoms with Crippen molar-refractivity contribution in [1.82, 2.24) is 0 Å². The van der Waals surface area contributed by atoms with Crippen molar-refractivity contribution < 1.29 is 5.11 Å². The summed E-state index contributed by atoms with van der Waals surface area (Å²) in [7, 11) is 0. The second-order valence-corrected chi connectivity index (χ2v) is 5.64. The highest BCUT2D eigenvalue weighted by Crippen LogP contribution is 2.35. The zero-order chi connectivity index (χ0) is 11.7. The molecule has 1 aromatic rings. The third kappa shape index (κ3) is 2.43. The number of rotatable bonds is 3. The van der Waals surface area contributed by atoms with Crippen molar-refractivity contribution in [3.05, 3.63) is 33.3 Å². The minimum Gasteiger partial charge on any atom is -0.391 e. The van der Waals surface area contributed by atoms with Crippen LogP contribution >= 0.6 is 27.5 Å². The fourth-order valence-electron chi connectivity index (χ4n) is 1.99. The highest BCUT2D eigenvalue weighted by atomic mass is 79.9. The van der Waals surface area contributed by atoms with Gasteiger partial charge in [0.05, 0.1) is 17.2 Å². The Labute approximate surface area is 109 Å². The number of nitrogens with two attached hydrogens (primary N) is 1. The first-order valence-corrected chi connectivity index (χ1v) is 6.65. The van der Waals surface area contributed by atoms with Gasteiger partial charge in [-0.25, -0.2) is 0 Å². The second-order valence-electron chi connectivity index (χ2n) is 4.38. The van der Waals surface area contributed by atoms with Crippen LogP contribution in [0.2, 0.25) is 5.02 Å². The number of hydrogen-bond acceptors (Lipinski definition) is 2. The first-order chi connectivity index (χ1) is 7.59. The van der Waals surface area contributed by atoms with Gasteiger partial charge in [0.25, 0.3) is 0 Å². The molecule has 16 heavy (non-hydrogen) atoms. The van der Waals surface area contributed by atoms with Gasteiger partial charge >= 0.3 is 0 Å². The van der Waals surface area contributed by atoms with Gasteiger partial charge < -0.3 is 10.8 Å². The molecule has 0 saturated heterocycles. The SMILES string of the molecule is N[C@H](c1ccc(Cl)c(Br)c1)[C@@H](O)C1CCC1. The third-order valence-electron chi connectivity index (χ3n) is 3.33. The largest absolute Gasteiger partial charge is 0.391 e. The van der Waals surface area contributed by atoms with Gasteiger partial charge in [-0.3, -0.25) is 0 Å². The van der Waals surface area contributed by atoms with E-state index in [2.05, 4.69) is 15.9 Å². The Balaban J connectivity index is 2.12. The lowest BCUT2D eigenvalue weighted by molar-refractivity contribution is 0.0413. The minimum absolute atomic E-state index is 0.320. The van der Waals surface area contributed by atoms with Crippen molar-refractivity contribution in [2.75, 3.05) is 0 Å². The fourth-order valence-corrected chi connectivity index (χ4v) is 2.51. The molecule has 1 fully saturated rings. The van der Waals surface area contributed by atoms with E-state index < -0.39 is 6.10 Å². The Hall–Kier alpha value is -0.0900. The standard InChI is InChI=1S/C12H15BrClNO/c13-9-6-8(4-5-10(9)14)11(15)12(16)7-2-1-3-7/h4-7,11-12,16H,1-3,15H2/t11-,12+/m1/s1. The summed E-state index contributed by atoms with van der Waals surface area (Å²) < 4.78 is 0.822. The first-order valence-electron chi connectivity index (χ1n) is 5.48. The van der Waals surface area contributed by atoms with Gasteiger partial charge in [0.1, 0.15) is 0 Å². The molecule has 2 nitrogen and oxygen atoms in total. The van der Waals surface area contributed by atoms with Crippen molar-refractivity contribution in [2.24, 2.45) is 11.7 Å². The molecule has 0 unspecified atom stereocenters. The highest BCUT2D eigenvalue weighted by molar-refractivity contribution is 9.10. The van der Waals surface area contributed by atoms with Crippen LogP contribution in [-0.4, -0.2) is 11.2 Å². The molecule has 0 aliphatic heterocycles. The van der Waals surface area contributed by atoms with E-state index in [1.165, 1.54) is 6.42 Å². The molecule has 3 N–H and O–H groups in total. The quantitative estimate of drug-likeness (QED) is 0.900. The summed E-state index contributed by atoms with van der Waals surface area (Å²) in [5.74, 6) is 0.365. The van der Waals surface area contributed by atoms with Crippen LogP contribution in [-0.2, 0) is 0 Å². The summed E-state index contributed by atoms with van der Waals surface area (Å²) in [5, 5.41) is 10.7. The molecule has 0 bridgehead atoms. The lowest BCUT2D eigenvalue weighted by Gasteiger charge is -2.33. The van der Waals surface area contributed by atoms with E-state index in [0.717, 1.165) is 22.9 Å². The molecule has 0 spiro atoms. The van der Waals surface area contributed by atoms with Gasteiger partial charge in [-0.05, 0) is 52.4 Å². The van der Waals surface area contributed by atoms with Crippen molar-refractivity contribution in [2.45, 2.75) is 31.4 Å². The smallest absolute Gasteiger partial charge is 0.0760 e. The zero-order valence-electron chi connectivity index (χ0n) is 8.87. The van der Waals surface area contributed by atoms with Crippen LogP contribution in [0.15, 0.2) is 22.7 Å². The summed E-state index contributed by atoms with van der Waals surface area (Å²) in [6, 6.07) is 5.24. The molecule has 0 aromatic heterocycles. The van der Waals surface area contributed by atoms with Gasteiger partial charge in [0.15, 0.2) is 0 Å². The van der Waals surface area contributed by atoms with Crippen LogP contribution < -0.4 is 5.73 Å². The summed E-state index contributed by atoms with van der Waals surface area (Å²) in [4.78, 5) is 0. The van der Waals surface area contributed by atoms with Gasteiger partial charge in [0, 0.05) is 4.47 Å². The Kier molecular flexibility index (Phi) is 3.90. The van der Waals surface area contributed by atoms with E-state index >= 15 is 0 Å². The van der Waals surface area contributed by atoms with E-state index in [1.807, 2.05) is 12.1 Å². The van der Waals surface area contributed by atoms with Gasteiger partial charge in [-0.15, -0.1) is 0 Å². The Morgan fingerprint density at radius 2 is 2.12 bits per heavy atom. The lowest BCUT2D eigenvalue weighted by atomic mass is 9.77. The van der Waals surface area contributed by atoms with Crippen LogP contribution in [0.25, 0.3) is 0 Å². The van der Waals surface area contributed by atoms with Gasteiger partial charge in [-0.2, -0.15) is 0 Å². The normalized spacial score (nSPS) is 20.2. The zero-order valence-corrected chi connectivity index (χ0v) is 11.2. The van der Waals surface area contributed by atoms with E-state index in [4.69, 9.17) is 17.3 Å². The number of benzene rings is 1. The van der Waals surface area contributed by atoms with Crippen molar-refractivity contribution in [3.8, 4) is 0 Å². The molecule has 2 rings (SSSR count). The van der Waals surface area contributed by atoms with E-state index in [9.17, 15) is 5.11 Å². The molecule has 2 atom stereocenters. The van der Waals surface area contributed by atoms with Gasteiger partial charge in [-0.1, -0.05) is 24.1 Å². The summed E-state index contributed by atoms with van der Waals surface area (Å²) in [5.41, 5.74) is 6.98. The van der Waals surface area contributed by atoms with Gasteiger partial charge in [0.2, 0.25) is 0 Å². The monoisotopic (exact) mass is 303 g/mol. The summed E-state index contributed by atoms with van der Waals surface area (Å²) in [6.07, 6.45) is 2.94. The summed E-state index contributed by atoms with van der Waals surface area (Å²) >= 11 is 9.28. The molecular formula is C12H15BrClNO. The molecule has 1 aromatic carbocycles. The molecule has 0 heterocycles. The first kappa shape index (κ1) is 12.4. The molecule has 1 saturated carbocycles. The summed E-state index contributed by atoms with van der Waals surface area (Å²) in [6.45, 7) is 0. The van der Waals surface area contributed by atoms with E-state index in [0.29, 0.717) is 10.9 Å². The van der Waals surface area contributed by atoms with E-state index in [-0.39, 0.29) is 6.04 Å². The third-order valence-corrected chi connectivity index (χ3v) is 4.54. The molecule has 4 heteroatoms. The highest BCUT2D eigenvalue weighted by Gasteiger charge is 2.30. The molecule has 1 aliphatic carbocycles. The van der Waals surface area contributed by atoms with Crippen molar-refractivity contribution >= 4 is 27.5 Å². The minimum atomic E-state index is -0.443. The maximum absolute atomic E-state index is 10.1. The van der Waals surface area contributed by atoms with Crippen molar-refractivity contribution in [3.63, 3.8) is 0 Å². The number of aliphatic hydroxyl groups excluding tert-OH is 1. The Morgan fingerprint density at radius 3 is 2.62 bits per heavy atom. The predicted molar refractivity (Wildman–Crippen MR) is 69.4 cm³/mol. The molecule has 0 radical (unpaired) electrons. The number of aliphatic hydroxyl groups is 1. The predicted octanol–water partition coefficient (Wildman–Crippen LogP) is 3.26. The maximum atomic E-state index is 10.1. The van der Waals surface area contributed by atoms with Crippen LogP contribution in [0.4, 0.5) is 0 Å². The number of hydrogen-bond donors (Lipinski definition) is 2. The number of halogens is 2. The molecular weight excluding hydrogens is 289 g/mol. The maximum Gasteiger partial charge on any atom is 0.0760 e. The topological polar surface area (TPSA) is 46.2 Å². The fraction of sp³-hybridized carbons (Fsp3) is 0.500. The Bertz CT molecular complexity index is 381. The van der Waals surface area contributed by atoms with Crippen LogP contribution in [0.1, 0.15) is 30.9 Å². The second kappa shape index (κ2) is 5.05.